The number of hydrogen-bond donors (Lipinski definition) is 3. The quantitative estimate of drug-likeness (QED) is 0.423. The van der Waals surface area contributed by atoms with Crippen molar-refractivity contribution in [2.45, 2.75) is 26.4 Å². The van der Waals surface area contributed by atoms with Gasteiger partial charge in [0, 0.05) is 11.3 Å². The van der Waals surface area contributed by atoms with E-state index in [1.165, 1.54) is 0 Å². The molecule has 152 valence electrons. The van der Waals surface area contributed by atoms with Crippen molar-refractivity contribution in [1.29, 1.82) is 0 Å². The fraction of sp³-hybridized carbons (Fsp3) is 0.174. The third-order valence-corrected chi connectivity index (χ3v) is 5.32. The summed E-state index contributed by atoms with van der Waals surface area (Å²) >= 11 is 5.18. The third-order valence-electron chi connectivity index (χ3n) is 5.13. The molecule has 1 atom stereocenters. The van der Waals surface area contributed by atoms with E-state index in [4.69, 9.17) is 22.7 Å². The molecule has 1 aliphatic heterocycles. The molecule has 2 heterocycles. The number of esters is 1. The lowest BCUT2D eigenvalue weighted by Crippen LogP contribution is -2.26. The molecule has 6 nitrogen and oxygen atoms in total. The van der Waals surface area contributed by atoms with Gasteiger partial charge in [-0.2, -0.15) is 0 Å². The van der Waals surface area contributed by atoms with E-state index in [2.05, 4.69) is 15.3 Å². The molecule has 4 N–H and O–H groups in total. The maximum absolute atomic E-state index is 13.2. The van der Waals surface area contributed by atoms with Crippen LogP contribution in [0.25, 0.3) is 0 Å². The largest absolute Gasteiger partial charge is 0.457 e. The van der Waals surface area contributed by atoms with Crippen LogP contribution in [0, 0.1) is 11.7 Å². The van der Waals surface area contributed by atoms with E-state index in [1.807, 2.05) is 68.4 Å². The molecule has 0 saturated carbocycles. The first-order valence-electron chi connectivity index (χ1n) is 9.59. The van der Waals surface area contributed by atoms with Gasteiger partial charge in [-0.3, -0.25) is 0 Å². The van der Waals surface area contributed by atoms with Crippen LogP contribution >= 0.6 is 12.2 Å². The van der Waals surface area contributed by atoms with Crippen molar-refractivity contribution < 1.29 is 9.53 Å². The summed E-state index contributed by atoms with van der Waals surface area (Å²) in [5.74, 6) is 0.106. The highest BCUT2D eigenvalue weighted by Gasteiger charge is 2.35. The van der Waals surface area contributed by atoms with Gasteiger partial charge in [-0.15, -0.1) is 0 Å². The normalized spacial score (nSPS) is 15.3. The molecule has 0 fully saturated rings. The molecule has 1 aromatic heterocycles. The smallest absolute Gasteiger partial charge is 0.337 e. The first-order chi connectivity index (χ1) is 14.4. The Morgan fingerprint density at radius 1 is 1.13 bits per heavy atom. The van der Waals surface area contributed by atoms with Crippen molar-refractivity contribution in [1.82, 2.24) is 9.97 Å². The number of carbonyl (C=O) groups excluding carboxylic acids is 1. The van der Waals surface area contributed by atoms with Crippen LogP contribution < -0.4 is 11.1 Å². The van der Waals surface area contributed by atoms with E-state index < -0.39 is 11.9 Å². The lowest BCUT2D eigenvalue weighted by Gasteiger charge is -2.30. The predicted molar refractivity (Wildman–Crippen MR) is 119 cm³/mol. The summed E-state index contributed by atoms with van der Waals surface area (Å²) in [5, 5.41) is 3.18. The highest BCUT2D eigenvalue weighted by atomic mass is 32.1. The Hall–Kier alpha value is -3.45. The number of fused-ring (bicyclic) bond motifs is 1. The number of aromatic amines is 1. The summed E-state index contributed by atoms with van der Waals surface area (Å²) in [6, 6.07) is 17.6. The molecule has 1 unspecified atom stereocenters. The van der Waals surface area contributed by atoms with Crippen LogP contribution in [-0.2, 0) is 16.1 Å². The molecule has 4 rings (SSSR count). The fourth-order valence-electron chi connectivity index (χ4n) is 3.66. The number of aryl methyl sites for hydroxylation is 1. The summed E-state index contributed by atoms with van der Waals surface area (Å²) in [6.07, 6.45) is 0. The number of ether oxygens (including phenoxy) is 1. The number of allylic oxidation sites excluding steroid dienone is 1. The second-order valence-corrected chi connectivity index (χ2v) is 7.67. The molecule has 3 aromatic rings. The molecule has 7 heteroatoms. The molecule has 0 saturated heterocycles. The first-order valence-corrected chi connectivity index (χ1v) is 10.00. The van der Waals surface area contributed by atoms with Gasteiger partial charge in [0.2, 0.25) is 0 Å². The Labute approximate surface area is 179 Å². The highest BCUT2D eigenvalue weighted by Crippen LogP contribution is 2.43. The minimum absolute atomic E-state index is 0.189. The monoisotopic (exact) mass is 418 g/mol. The Kier molecular flexibility index (Phi) is 5.37. The zero-order chi connectivity index (χ0) is 21.3. The molecule has 1 aliphatic rings. The summed E-state index contributed by atoms with van der Waals surface area (Å²) < 4.78 is 5.95. The van der Waals surface area contributed by atoms with Crippen LogP contribution in [0.15, 0.2) is 65.9 Å². The van der Waals surface area contributed by atoms with Gasteiger partial charge in [-0.05, 0) is 37.2 Å². The summed E-state index contributed by atoms with van der Waals surface area (Å²) in [5.41, 5.74) is 11.1. The van der Waals surface area contributed by atoms with Gasteiger partial charge in [-0.1, -0.05) is 60.2 Å². The Morgan fingerprint density at radius 2 is 1.83 bits per heavy atom. The average Bonchev–Trinajstić information content (AvgIpc) is 2.72. The minimum atomic E-state index is -0.426. The number of anilines is 2. The summed E-state index contributed by atoms with van der Waals surface area (Å²) in [4.78, 5) is 20.5. The fourth-order valence-corrected chi connectivity index (χ4v) is 3.86. The number of benzene rings is 2. The maximum atomic E-state index is 13.2. The lowest BCUT2D eigenvalue weighted by molar-refractivity contribution is -0.140. The van der Waals surface area contributed by atoms with Gasteiger partial charge < -0.3 is 20.8 Å². The van der Waals surface area contributed by atoms with Gasteiger partial charge in [0.15, 0.2) is 4.77 Å². The summed E-state index contributed by atoms with van der Waals surface area (Å²) in [7, 11) is 0. The molecule has 0 spiro atoms. The number of nitrogens with one attached hydrogen (secondary N) is 2. The van der Waals surface area contributed by atoms with Crippen molar-refractivity contribution >= 4 is 29.8 Å². The van der Waals surface area contributed by atoms with Gasteiger partial charge >= 0.3 is 5.97 Å². The molecule has 0 amide bonds. The Morgan fingerprint density at radius 3 is 2.53 bits per heavy atom. The standard InChI is InChI=1S/C23H22N4O2S/c1-13-8-10-16(11-9-13)18-17(22(28)29-12-15-6-4-3-5-7-15)14(2)25-21-19(18)20(24)26-23(30)27-21/h3-11,18H,12H2,1-2H3,(H4,24,25,26,27,30). The maximum Gasteiger partial charge on any atom is 0.337 e. The Balaban J connectivity index is 1.77. The van der Waals surface area contributed by atoms with Crippen molar-refractivity contribution in [2.24, 2.45) is 0 Å². The number of carbonyl (C=O) groups is 1. The topological polar surface area (TPSA) is 93.0 Å². The van der Waals surface area contributed by atoms with E-state index in [0.717, 1.165) is 16.7 Å². The summed E-state index contributed by atoms with van der Waals surface area (Å²) in [6.45, 7) is 4.04. The van der Waals surface area contributed by atoms with E-state index in [9.17, 15) is 4.79 Å². The number of nitrogens with two attached hydrogens (primary N) is 1. The van der Waals surface area contributed by atoms with Gasteiger partial charge in [0.1, 0.15) is 18.2 Å². The molecular weight excluding hydrogens is 396 g/mol. The SMILES string of the molecule is CC1=C(C(=O)OCc2ccccc2)C(c2ccc(C)cc2)c2c(nc(=S)[nH]c2N)N1. The van der Waals surface area contributed by atoms with Gasteiger partial charge in [0.05, 0.1) is 11.5 Å². The molecular formula is C23H22N4O2S. The second kappa shape index (κ2) is 8.12. The number of aromatic nitrogens is 2. The van der Waals surface area contributed by atoms with Crippen LogP contribution in [0.1, 0.15) is 35.1 Å². The van der Waals surface area contributed by atoms with Crippen LogP contribution in [0.2, 0.25) is 0 Å². The predicted octanol–water partition coefficient (Wildman–Crippen LogP) is 4.60. The van der Waals surface area contributed by atoms with E-state index in [1.54, 1.807) is 0 Å². The average molecular weight is 419 g/mol. The lowest BCUT2D eigenvalue weighted by atomic mass is 9.81. The van der Waals surface area contributed by atoms with Crippen LogP contribution in [0.3, 0.4) is 0 Å². The van der Waals surface area contributed by atoms with Crippen LogP contribution in [-0.4, -0.2) is 15.9 Å². The number of H-pyrrole nitrogens is 1. The van der Waals surface area contributed by atoms with E-state index in [0.29, 0.717) is 28.5 Å². The van der Waals surface area contributed by atoms with E-state index >= 15 is 0 Å². The van der Waals surface area contributed by atoms with Crippen LogP contribution in [0.4, 0.5) is 11.6 Å². The van der Waals surface area contributed by atoms with Crippen molar-refractivity contribution in [2.75, 3.05) is 11.1 Å². The Bertz CT molecular complexity index is 1180. The molecule has 2 aromatic carbocycles. The number of nitrogen functional groups attached to an aromatic ring is 1. The highest BCUT2D eigenvalue weighted by molar-refractivity contribution is 7.71. The van der Waals surface area contributed by atoms with Gasteiger partial charge in [-0.25, -0.2) is 9.78 Å². The minimum Gasteiger partial charge on any atom is -0.457 e. The molecule has 0 bridgehead atoms. The first kappa shape index (κ1) is 19.8. The third kappa shape index (κ3) is 3.84. The van der Waals surface area contributed by atoms with Crippen molar-refractivity contribution in [3.05, 3.63) is 92.9 Å². The number of hydrogen-bond acceptors (Lipinski definition) is 6. The number of nitrogens with zero attached hydrogens (tertiary/aromatic N) is 1. The molecule has 0 radical (unpaired) electrons. The zero-order valence-corrected chi connectivity index (χ0v) is 17.5. The molecule has 0 aliphatic carbocycles. The zero-order valence-electron chi connectivity index (χ0n) is 16.7. The van der Waals surface area contributed by atoms with Crippen molar-refractivity contribution in [3.8, 4) is 0 Å². The van der Waals surface area contributed by atoms with Crippen LogP contribution in [0.5, 0.6) is 0 Å². The second-order valence-electron chi connectivity index (χ2n) is 7.29. The van der Waals surface area contributed by atoms with Crippen molar-refractivity contribution in [3.63, 3.8) is 0 Å². The van der Waals surface area contributed by atoms with E-state index in [-0.39, 0.29) is 11.4 Å². The molecule has 30 heavy (non-hydrogen) atoms. The number of rotatable bonds is 4. The van der Waals surface area contributed by atoms with Gasteiger partial charge in [0.25, 0.3) is 0 Å².